The van der Waals surface area contributed by atoms with Crippen molar-refractivity contribution >= 4 is 22.1 Å². The van der Waals surface area contributed by atoms with Crippen LogP contribution in [-0.4, -0.2) is 15.8 Å². The number of carbonyl (C=O) groups is 1. The van der Waals surface area contributed by atoms with E-state index in [9.17, 15) is 20.0 Å². The van der Waals surface area contributed by atoms with Crippen LogP contribution in [0.15, 0.2) is 12.1 Å². The molecule has 0 aromatic carbocycles. The van der Waals surface area contributed by atoms with Crippen molar-refractivity contribution in [2.24, 2.45) is 5.92 Å². The number of aliphatic hydroxyl groups excluding tert-OH is 1. The van der Waals surface area contributed by atoms with Crippen LogP contribution in [0.2, 0.25) is 0 Å². The number of Topliss-reactive ketones (excluding diaryl/α,β-unsaturated/α-hetero) is 1. The average molecular weight is 255 g/mol. The molecule has 1 aliphatic carbocycles. The molecule has 17 heavy (non-hydrogen) atoms. The summed E-state index contributed by atoms with van der Waals surface area (Å²) in [5.41, 5.74) is 0. The Balaban J connectivity index is 2.14. The molecular formula is C11H13NO4S. The summed E-state index contributed by atoms with van der Waals surface area (Å²) in [5.74, 6) is -0.318. The van der Waals surface area contributed by atoms with E-state index >= 15 is 0 Å². The van der Waals surface area contributed by atoms with Gasteiger partial charge in [0.15, 0.2) is 0 Å². The maximum absolute atomic E-state index is 11.7. The Bertz CT molecular complexity index is 442. The molecule has 0 radical (unpaired) electrons. The number of nitro groups is 1. The number of carbonyl (C=O) groups excluding carboxylic acids is 1. The Hall–Kier alpha value is -1.27. The zero-order valence-corrected chi connectivity index (χ0v) is 9.98. The molecule has 5 nitrogen and oxygen atoms in total. The summed E-state index contributed by atoms with van der Waals surface area (Å²) in [4.78, 5) is 22.2. The van der Waals surface area contributed by atoms with Crippen molar-refractivity contribution in [2.45, 2.75) is 31.8 Å². The first-order chi connectivity index (χ1) is 8.09. The summed E-state index contributed by atoms with van der Waals surface area (Å²) in [6.45, 7) is 0. The molecule has 2 atom stereocenters. The quantitative estimate of drug-likeness (QED) is 0.664. The predicted octanol–water partition coefficient (Wildman–Crippen LogP) is 2.45. The highest BCUT2D eigenvalue weighted by Crippen LogP contribution is 2.37. The summed E-state index contributed by atoms with van der Waals surface area (Å²) in [6, 6.07) is 2.91. The van der Waals surface area contributed by atoms with E-state index in [0.717, 1.165) is 24.2 Å². The predicted molar refractivity (Wildman–Crippen MR) is 62.9 cm³/mol. The van der Waals surface area contributed by atoms with Crippen molar-refractivity contribution in [2.75, 3.05) is 0 Å². The van der Waals surface area contributed by atoms with Gasteiger partial charge in [-0.1, -0.05) is 17.8 Å². The molecule has 1 aliphatic rings. The molecule has 1 fully saturated rings. The molecule has 0 spiro atoms. The van der Waals surface area contributed by atoms with Gasteiger partial charge in [-0.2, -0.15) is 0 Å². The fourth-order valence-corrected chi connectivity index (χ4v) is 3.01. The van der Waals surface area contributed by atoms with Gasteiger partial charge in [0.1, 0.15) is 5.78 Å². The summed E-state index contributed by atoms with van der Waals surface area (Å²) in [6.07, 6.45) is 2.11. The van der Waals surface area contributed by atoms with Gasteiger partial charge in [-0.15, -0.1) is 0 Å². The lowest BCUT2D eigenvalue weighted by Gasteiger charge is -2.24. The lowest BCUT2D eigenvalue weighted by molar-refractivity contribution is -0.380. The van der Waals surface area contributed by atoms with Crippen LogP contribution < -0.4 is 0 Å². The Labute approximate surface area is 102 Å². The first-order valence-corrected chi connectivity index (χ1v) is 6.36. The van der Waals surface area contributed by atoms with E-state index in [4.69, 9.17) is 0 Å². The van der Waals surface area contributed by atoms with Gasteiger partial charge in [0.2, 0.25) is 0 Å². The highest BCUT2D eigenvalue weighted by atomic mass is 32.1. The third kappa shape index (κ3) is 2.53. The van der Waals surface area contributed by atoms with Gasteiger partial charge >= 0.3 is 5.00 Å². The van der Waals surface area contributed by atoms with Gasteiger partial charge < -0.3 is 5.11 Å². The van der Waals surface area contributed by atoms with Crippen LogP contribution in [0.3, 0.4) is 0 Å². The zero-order valence-electron chi connectivity index (χ0n) is 9.17. The van der Waals surface area contributed by atoms with Crippen LogP contribution >= 0.6 is 11.3 Å². The second-order valence-electron chi connectivity index (χ2n) is 4.20. The Morgan fingerprint density at radius 1 is 1.47 bits per heavy atom. The van der Waals surface area contributed by atoms with Crippen molar-refractivity contribution in [3.8, 4) is 0 Å². The number of aliphatic hydroxyl groups is 1. The summed E-state index contributed by atoms with van der Waals surface area (Å²) in [7, 11) is 0. The molecule has 0 saturated heterocycles. The molecule has 1 aromatic rings. The van der Waals surface area contributed by atoms with Crippen LogP contribution in [0, 0.1) is 16.0 Å². The van der Waals surface area contributed by atoms with Crippen LogP contribution in [-0.2, 0) is 4.79 Å². The van der Waals surface area contributed by atoms with Crippen molar-refractivity contribution in [1.82, 2.24) is 0 Å². The fraction of sp³-hybridized carbons (Fsp3) is 0.545. The lowest BCUT2D eigenvalue weighted by Crippen LogP contribution is -2.25. The molecule has 1 heterocycles. The van der Waals surface area contributed by atoms with Gasteiger partial charge in [0, 0.05) is 23.3 Å². The lowest BCUT2D eigenvalue weighted by atomic mass is 9.83. The molecule has 6 heteroatoms. The van der Waals surface area contributed by atoms with Crippen LogP contribution in [0.4, 0.5) is 5.00 Å². The number of hydrogen-bond acceptors (Lipinski definition) is 5. The largest absolute Gasteiger partial charge is 0.387 e. The Morgan fingerprint density at radius 3 is 2.82 bits per heavy atom. The molecule has 0 aliphatic heterocycles. The SMILES string of the molecule is O=C1CCCC[C@H]1[C@@H](O)c1ccc([N+](=O)[O-])s1. The number of rotatable bonds is 3. The molecule has 1 saturated carbocycles. The van der Waals surface area contributed by atoms with Crippen LogP contribution in [0.1, 0.15) is 36.7 Å². The normalized spacial score (nSPS) is 22.4. The van der Waals surface area contributed by atoms with Gasteiger partial charge in [-0.3, -0.25) is 14.9 Å². The third-order valence-electron chi connectivity index (χ3n) is 3.07. The van der Waals surface area contributed by atoms with E-state index in [1.54, 1.807) is 0 Å². The minimum atomic E-state index is -0.888. The second kappa shape index (κ2) is 4.93. The number of thiophene rings is 1. The maximum atomic E-state index is 11.7. The number of hydrogen-bond donors (Lipinski definition) is 1. The van der Waals surface area contributed by atoms with E-state index in [1.165, 1.54) is 12.1 Å². The van der Waals surface area contributed by atoms with E-state index in [-0.39, 0.29) is 16.7 Å². The Morgan fingerprint density at radius 2 is 2.24 bits per heavy atom. The number of ketones is 1. The third-order valence-corrected chi connectivity index (χ3v) is 4.17. The molecule has 1 aromatic heterocycles. The first-order valence-electron chi connectivity index (χ1n) is 5.54. The van der Waals surface area contributed by atoms with E-state index in [2.05, 4.69) is 0 Å². The van der Waals surface area contributed by atoms with Crippen molar-refractivity contribution < 1.29 is 14.8 Å². The monoisotopic (exact) mass is 255 g/mol. The first kappa shape index (κ1) is 12.2. The van der Waals surface area contributed by atoms with Crippen molar-refractivity contribution in [1.29, 1.82) is 0 Å². The van der Waals surface area contributed by atoms with Crippen molar-refractivity contribution in [3.05, 3.63) is 27.1 Å². The molecule has 92 valence electrons. The highest BCUT2D eigenvalue weighted by Gasteiger charge is 2.31. The standard InChI is InChI=1S/C11H13NO4S/c13-8-4-2-1-3-7(8)11(14)9-5-6-10(17-9)12(15)16/h5-7,11,14H,1-4H2/t7-,11-/m1/s1. The van der Waals surface area contributed by atoms with Gasteiger partial charge in [0.25, 0.3) is 0 Å². The Kier molecular flexibility index (Phi) is 3.54. The van der Waals surface area contributed by atoms with Gasteiger partial charge in [-0.05, 0) is 18.9 Å². The summed E-state index contributed by atoms with van der Waals surface area (Å²) in [5, 5.41) is 20.6. The second-order valence-corrected chi connectivity index (χ2v) is 5.29. The van der Waals surface area contributed by atoms with E-state index in [0.29, 0.717) is 17.7 Å². The summed E-state index contributed by atoms with van der Waals surface area (Å²) < 4.78 is 0. The summed E-state index contributed by atoms with van der Waals surface area (Å²) >= 11 is 0.943. The molecule has 0 bridgehead atoms. The minimum absolute atomic E-state index is 0.00214. The van der Waals surface area contributed by atoms with Crippen LogP contribution in [0.5, 0.6) is 0 Å². The molecule has 0 unspecified atom stereocenters. The van der Waals surface area contributed by atoms with E-state index in [1.807, 2.05) is 0 Å². The maximum Gasteiger partial charge on any atom is 0.324 e. The minimum Gasteiger partial charge on any atom is -0.387 e. The van der Waals surface area contributed by atoms with Crippen molar-refractivity contribution in [3.63, 3.8) is 0 Å². The van der Waals surface area contributed by atoms with Gasteiger partial charge in [0.05, 0.1) is 11.0 Å². The molecule has 1 N–H and O–H groups in total. The molecular weight excluding hydrogens is 242 g/mol. The smallest absolute Gasteiger partial charge is 0.324 e. The van der Waals surface area contributed by atoms with Gasteiger partial charge in [-0.25, -0.2) is 0 Å². The zero-order chi connectivity index (χ0) is 12.4. The topological polar surface area (TPSA) is 80.4 Å². The molecule has 2 rings (SSSR count). The highest BCUT2D eigenvalue weighted by molar-refractivity contribution is 7.15. The van der Waals surface area contributed by atoms with E-state index < -0.39 is 11.0 Å². The average Bonchev–Trinajstić information content (AvgIpc) is 2.78. The molecule has 0 amide bonds. The number of nitrogens with zero attached hydrogens (tertiary/aromatic N) is 1. The fourth-order valence-electron chi connectivity index (χ4n) is 2.14. The van der Waals surface area contributed by atoms with Crippen LogP contribution in [0.25, 0.3) is 0 Å².